The van der Waals surface area contributed by atoms with Crippen LogP contribution < -0.4 is 20.3 Å². The van der Waals surface area contributed by atoms with Crippen molar-refractivity contribution in [2.45, 2.75) is 6.04 Å². The predicted molar refractivity (Wildman–Crippen MR) is 115 cm³/mol. The van der Waals surface area contributed by atoms with Crippen molar-refractivity contribution in [3.05, 3.63) is 84.1 Å². The normalized spacial score (nSPS) is 16.3. The molecule has 0 saturated carbocycles. The van der Waals surface area contributed by atoms with E-state index in [0.29, 0.717) is 17.0 Å². The van der Waals surface area contributed by atoms with E-state index < -0.39 is 0 Å². The highest BCUT2D eigenvalue weighted by Gasteiger charge is 2.22. The molecular weight excluding hydrogens is 364 g/mol. The van der Waals surface area contributed by atoms with Gasteiger partial charge in [-0.3, -0.25) is 4.79 Å². The fourth-order valence-electron chi connectivity index (χ4n) is 3.54. The van der Waals surface area contributed by atoms with E-state index in [1.165, 1.54) is 5.56 Å². The Morgan fingerprint density at radius 1 is 1.14 bits per heavy atom. The Morgan fingerprint density at radius 3 is 2.76 bits per heavy atom. The summed E-state index contributed by atoms with van der Waals surface area (Å²) in [6, 6.07) is 21.6. The molecule has 6 heteroatoms. The minimum Gasteiger partial charge on any atom is -0.495 e. The third-order valence-corrected chi connectivity index (χ3v) is 5.06. The van der Waals surface area contributed by atoms with Crippen molar-refractivity contribution in [2.24, 2.45) is 0 Å². The van der Waals surface area contributed by atoms with Gasteiger partial charge in [-0.2, -0.15) is 0 Å². The fraction of sp³-hybridized carbons (Fsp3) is 0.217. The largest absolute Gasteiger partial charge is 0.495 e. The molecule has 0 bridgehead atoms. The molecule has 2 aromatic carbocycles. The number of hydrogen-bond donors (Lipinski definition) is 2. The van der Waals surface area contributed by atoms with Gasteiger partial charge in [-0.1, -0.05) is 42.5 Å². The van der Waals surface area contributed by atoms with Gasteiger partial charge in [0.15, 0.2) is 0 Å². The molecular formula is C23H24N4O2. The molecule has 1 atom stereocenters. The first-order valence-corrected chi connectivity index (χ1v) is 9.68. The van der Waals surface area contributed by atoms with Crippen molar-refractivity contribution in [1.82, 2.24) is 10.3 Å². The summed E-state index contributed by atoms with van der Waals surface area (Å²) in [5.41, 5.74) is 2.46. The van der Waals surface area contributed by atoms with E-state index >= 15 is 0 Å². The molecule has 1 aliphatic heterocycles. The lowest BCUT2D eigenvalue weighted by atomic mass is 10.0. The predicted octanol–water partition coefficient (Wildman–Crippen LogP) is 3.49. The molecule has 2 heterocycles. The molecule has 148 valence electrons. The van der Waals surface area contributed by atoms with Crippen LogP contribution in [0.4, 0.5) is 11.5 Å². The molecule has 4 rings (SSSR count). The van der Waals surface area contributed by atoms with E-state index in [4.69, 9.17) is 4.74 Å². The molecule has 29 heavy (non-hydrogen) atoms. The lowest BCUT2D eigenvalue weighted by Gasteiger charge is -2.34. The number of carbonyl (C=O) groups excluding carboxylic acids is 1. The quantitative estimate of drug-likeness (QED) is 0.700. The summed E-state index contributed by atoms with van der Waals surface area (Å²) in [7, 11) is 1.59. The van der Waals surface area contributed by atoms with E-state index in [1.807, 2.05) is 36.4 Å². The van der Waals surface area contributed by atoms with Crippen LogP contribution in [-0.2, 0) is 0 Å². The van der Waals surface area contributed by atoms with Gasteiger partial charge in [0.25, 0.3) is 5.91 Å². The molecule has 0 spiro atoms. The maximum atomic E-state index is 12.8. The van der Waals surface area contributed by atoms with Crippen LogP contribution in [0, 0.1) is 0 Å². The Hall–Kier alpha value is -3.38. The average Bonchev–Trinajstić information content (AvgIpc) is 2.80. The number of amides is 1. The molecule has 6 nitrogen and oxygen atoms in total. The smallest absolute Gasteiger partial charge is 0.255 e. The first-order chi connectivity index (χ1) is 14.2. The molecule has 1 saturated heterocycles. The number of nitrogens with one attached hydrogen (secondary N) is 2. The summed E-state index contributed by atoms with van der Waals surface area (Å²) in [4.78, 5) is 19.5. The van der Waals surface area contributed by atoms with E-state index in [-0.39, 0.29) is 11.9 Å². The number of rotatable bonds is 5. The molecule has 1 aromatic heterocycles. The van der Waals surface area contributed by atoms with Crippen molar-refractivity contribution >= 4 is 17.4 Å². The van der Waals surface area contributed by atoms with Crippen LogP contribution in [0.2, 0.25) is 0 Å². The van der Waals surface area contributed by atoms with Crippen molar-refractivity contribution in [3.63, 3.8) is 0 Å². The van der Waals surface area contributed by atoms with Crippen LogP contribution in [0.3, 0.4) is 0 Å². The SMILES string of the molecule is COc1ccccc1NC(=O)c1ccnc(N2CCNC(c3ccccc3)C2)c1. The van der Waals surface area contributed by atoms with Crippen molar-refractivity contribution in [1.29, 1.82) is 0 Å². The van der Waals surface area contributed by atoms with Gasteiger partial charge in [0.05, 0.1) is 12.8 Å². The topological polar surface area (TPSA) is 66.5 Å². The molecule has 1 aliphatic rings. The number of nitrogens with zero attached hydrogens (tertiary/aromatic N) is 2. The number of aromatic nitrogens is 1. The lowest BCUT2D eigenvalue weighted by molar-refractivity contribution is 0.102. The van der Waals surface area contributed by atoms with E-state index in [9.17, 15) is 4.79 Å². The summed E-state index contributed by atoms with van der Waals surface area (Å²) in [5.74, 6) is 1.25. The van der Waals surface area contributed by atoms with Gasteiger partial charge in [-0.05, 0) is 29.8 Å². The molecule has 0 aliphatic carbocycles. The Morgan fingerprint density at radius 2 is 1.93 bits per heavy atom. The monoisotopic (exact) mass is 388 g/mol. The zero-order chi connectivity index (χ0) is 20.1. The summed E-state index contributed by atoms with van der Waals surface area (Å²) < 4.78 is 5.31. The van der Waals surface area contributed by atoms with Gasteiger partial charge >= 0.3 is 0 Å². The highest BCUT2D eigenvalue weighted by molar-refractivity contribution is 6.05. The Labute approximate surface area is 170 Å². The Kier molecular flexibility index (Phi) is 5.72. The maximum absolute atomic E-state index is 12.8. The summed E-state index contributed by atoms with van der Waals surface area (Å²) >= 11 is 0. The number of para-hydroxylation sites is 2. The summed E-state index contributed by atoms with van der Waals surface area (Å²) in [6.45, 7) is 2.50. The van der Waals surface area contributed by atoms with Crippen LogP contribution in [0.5, 0.6) is 5.75 Å². The fourth-order valence-corrected chi connectivity index (χ4v) is 3.54. The number of methoxy groups -OCH3 is 1. The second-order valence-corrected chi connectivity index (χ2v) is 6.92. The maximum Gasteiger partial charge on any atom is 0.255 e. The van der Waals surface area contributed by atoms with Crippen molar-refractivity contribution in [3.8, 4) is 5.75 Å². The Balaban J connectivity index is 1.50. The number of anilines is 2. The van der Waals surface area contributed by atoms with Crippen LogP contribution in [0.25, 0.3) is 0 Å². The molecule has 1 amide bonds. The van der Waals surface area contributed by atoms with Gasteiger partial charge in [-0.15, -0.1) is 0 Å². The number of hydrogen-bond acceptors (Lipinski definition) is 5. The third kappa shape index (κ3) is 4.38. The molecule has 3 aromatic rings. The highest BCUT2D eigenvalue weighted by Crippen LogP contribution is 2.25. The third-order valence-electron chi connectivity index (χ3n) is 5.06. The number of piperazine rings is 1. The minimum absolute atomic E-state index is 0.187. The summed E-state index contributed by atoms with van der Waals surface area (Å²) in [5, 5.41) is 6.48. The lowest BCUT2D eigenvalue weighted by Crippen LogP contribution is -2.46. The van der Waals surface area contributed by atoms with Crippen molar-refractivity contribution in [2.75, 3.05) is 37.0 Å². The van der Waals surface area contributed by atoms with E-state index in [1.54, 1.807) is 19.4 Å². The van der Waals surface area contributed by atoms with Crippen LogP contribution in [0.1, 0.15) is 22.0 Å². The molecule has 1 unspecified atom stereocenters. The first kappa shape index (κ1) is 19.0. The van der Waals surface area contributed by atoms with Crippen molar-refractivity contribution < 1.29 is 9.53 Å². The molecule has 2 N–H and O–H groups in total. The number of benzene rings is 2. The van der Waals surface area contributed by atoms with E-state index in [0.717, 1.165) is 25.5 Å². The molecule has 1 fully saturated rings. The van der Waals surface area contributed by atoms with Crippen LogP contribution in [0.15, 0.2) is 72.9 Å². The zero-order valence-electron chi connectivity index (χ0n) is 16.3. The zero-order valence-corrected chi connectivity index (χ0v) is 16.3. The first-order valence-electron chi connectivity index (χ1n) is 9.68. The van der Waals surface area contributed by atoms with Crippen LogP contribution >= 0.6 is 0 Å². The Bertz CT molecular complexity index is 977. The van der Waals surface area contributed by atoms with Gasteiger partial charge in [-0.25, -0.2) is 4.98 Å². The van der Waals surface area contributed by atoms with E-state index in [2.05, 4.69) is 44.8 Å². The van der Waals surface area contributed by atoms with Gasteiger partial charge < -0.3 is 20.3 Å². The van der Waals surface area contributed by atoms with Gasteiger partial charge in [0.1, 0.15) is 11.6 Å². The number of ether oxygens (including phenoxy) is 1. The number of pyridine rings is 1. The van der Waals surface area contributed by atoms with Gasteiger partial charge in [0.2, 0.25) is 0 Å². The number of carbonyl (C=O) groups is 1. The second kappa shape index (κ2) is 8.75. The molecule has 0 radical (unpaired) electrons. The summed E-state index contributed by atoms with van der Waals surface area (Å²) in [6.07, 6.45) is 1.69. The van der Waals surface area contributed by atoms with Crippen LogP contribution in [-0.4, -0.2) is 37.6 Å². The van der Waals surface area contributed by atoms with Gasteiger partial charge in [0, 0.05) is 37.4 Å². The minimum atomic E-state index is -0.187. The average molecular weight is 388 g/mol. The second-order valence-electron chi connectivity index (χ2n) is 6.92. The highest BCUT2D eigenvalue weighted by atomic mass is 16.5. The standard InChI is InChI=1S/C23H24N4O2/c1-29-21-10-6-5-9-19(21)26-23(28)18-11-12-25-22(15-18)27-14-13-24-20(16-27)17-7-3-2-4-8-17/h2-12,15,20,24H,13-14,16H2,1H3,(H,26,28).